The monoisotopic (exact) mass is 379 g/mol. The second kappa shape index (κ2) is 7.10. The summed E-state index contributed by atoms with van der Waals surface area (Å²) >= 11 is 0. The number of rotatable bonds is 4. The molecule has 1 N–H and O–H groups in total. The minimum Gasteiger partial charge on any atom is -0.360 e. The molecule has 0 fully saturated rings. The van der Waals surface area contributed by atoms with Crippen molar-refractivity contribution in [3.8, 4) is 0 Å². The first-order valence-electron chi connectivity index (χ1n) is 8.72. The van der Waals surface area contributed by atoms with Crippen molar-refractivity contribution in [1.82, 2.24) is 14.9 Å². The van der Waals surface area contributed by atoms with Gasteiger partial charge in [0.15, 0.2) is 5.82 Å². The Balaban J connectivity index is 1.53. The maximum atomic E-state index is 12.9. The van der Waals surface area contributed by atoms with Crippen LogP contribution >= 0.6 is 0 Å². The Morgan fingerprint density at radius 2 is 2.04 bits per heavy atom. The fraction of sp³-hybridized carbons (Fsp3) is 0.211. The molecule has 0 saturated carbocycles. The van der Waals surface area contributed by atoms with Crippen molar-refractivity contribution in [2.24, 2.45) is 0 Å². The maximum Gasteiger partial charge on any atom is 0.278 e. The number of amides is 2. The summed E-state index contributed by atoms with van der Waals surface area (Å²) in [4.78, 5) is 38.7. The van der Waals surface area contributed by atoms with Crippen LogP contribution in [0.25, 0.3) is 0 Å². The normalized spacial score (nSPS) is 12.7. The number of aromatic nitrogens is 3. The van der Waals surface area contributed by atoms with Gasteiger partial charge in [0.1, 0.15) is 18.0 Å². The molecule has 3 aromatic rings. The van der Waals surface area contributed by atoms with Gasteiger partial charge in [-0.05, 0) is 31.0 Å². The summed E-state index contributed by atoms with van der Waals surface area (Å²) < 4.78 is 5.83. The Morgan fingerprint density at radius 1 is 1.21 bits per heavy atom. The van der Waals surface area contributed by atoms with Gasteiger partial charge in [0, 0.05) is 24.4 Å². The molecule has 0 unspecified atom stereocenters. The van der Waals surface area contributed by atoms with E-state index in [-0.39, 0.29) is 24.0 Å². The average molecular weight is 379 g/mol. The number of carbonyl (C=O) groups excluding carboxylic acids is 2. The molecule has 1 aliphatic rings. The molecule has 0 spiro atoms. The highest BCUT2D eigenvalue weighted by Crippen LogP contribution is 2.28. The zero-order valence-corrected chi connectivity index (χ0v) is 15.1. The number of nitrogens with one attached hydrogen (secondary N) is 1. The lowest BCUT2D eigenvalue weighted by Crippen LogP contribution is -2.34. The van der Waals surface area contributed by atoms with E-state index < -0.39 is 11.5 Å². The Morgan fingerprint density at radius 3 is 2.82 bits per heavy atom. The van der Waals surface area contributed by atoms with Gasteiger partial charge in [0.05, 0.1) is 0 Å². The molecular weight excluding hydrogens is 362 g/mol. The predicted molar refractivity (Wildman–Crippen MR) is 100 cm³/mol. The van der Waals surface area contributed by atoms with Crippen molar-refractivity contribution in [2.75, 3.05) is 16.8 Å². The third-order valence-corrected chi connectivity index (χ3v) is 4.41. The van der Waals surface area contributed by atoms with Crippen LogP contribution in [-0.4, -0.2) is 33.3 Å². The van der Waals surface area contributed by atoms with E-state index in [0.717, 1.165) is 22.4 Å². The molecule has 0 bridgehead atoms. The smallest absolute Gasteiger partial charge is 0.278 e. The Labute approximate surface area is 159 Å². The molecule has 9 heteroatoms. The van der Waals surface area contributed by atoms with Crippen LogP contribution in [0.15, 0.2) is 51.8 Å². The first-order chi connectivity index (χ1) is 13.5. The average Bonchev–Trinajstić information content (AvgIpc) is 3.29. The van der Waals surface area contributed by atoms with Crippen molar-refractivity contribution in [3.63, 3.8) is 0 Å². The van der Waals surface area contributed by atoms with E-state index in [0.29, 0.717) is 12.3 Å². The number of benzene rings is 1. The third-order valence-electron chi connectivity index (χ3n) is 4.41. The van der Waals surface area contributed by atoms with Crippen LogP contribution in [0.4, 0.5) is 11.5 Å². The van der Waals surface area contributed by atoms with Crippen LogP contribution in [0.1, 0.15) is 21.8 Å². The van der Waals surface area contributed by atoms with Crippen LogP contribution in [0, 0.1) is 6.92 Å². The first kappa shape index (κ1) is 17.7. The highest BCUT2D eigenvalue weighted by atomic mass is 16.5. The molecule has 28 heavy (non-hydrogen) atoms. The van der Waals surface area contributed by atoms with E-state index in [1.807, 2.05) is 24.3 Å². The van der Waals surface area contributed by atoms with Crippen LogP contribution in [0.3, 0.4) is 0 Å². The lowest BCUT2D eigenvalue weighted by molar-refractivity contribution is -0.117. The highest BCUT2D eigenvalue weighted by molar-refractivity contribution is 6.05. The summed E-state index contributed by atoms with van der Waals surface area (Å²) in [5.41, 5.74) is 1.55. The zero-order chi connectivity index (χ0) is 19.7. The molecule has 3 heterocycles. The number of hydrogen-bond acceptors (Lipinski definition) is 6. The molecule has 0 aliphatic carbocycles. The van der Waals surface area contributed by atoms with Gasteiger partial charge in [0.2, 0.25) is 5.91 Å². The van der Waals surface area contributed by atoms with Gasteiger partial charge in [-0.25, -0.2) is 4.68 Å². The van der Waals surface area contributed by atoms with E-state index >= 15 is 0 Å². The number of fused-ring (bicyclic) bond motifs is 1. The van der Waals surface area contributed by atoms with Gasteiger partial charge < -0.3 is 14.7 Å². The molecule has 0 saturated heterocycles. The number of aryl methyl sites for hydroxylation is 1. The Hall–Kier alpha value is -3.75. The molecule has 9 nitrogen and oxygen atoms in total. The Kier molecular flexibility index (Phi) is 4.48. The number of hydrogen-bond donors (Lipinski definition) is 1. The second-order valence-electron chi connectivity index (χ2n) is 6.42. The minimum absolute atomic E-state index is 0.0985. The summed E-state index contributed by atoms with van der Waals surface area (Å²) in [7, 11) is 0. The molecule has 0 atom stereocenters. The quantitative estimate of drug-likeness (QED) is 0.733. The van der Waals surface area contributed by atoms with Gasteiger partial charge >= 0.3 is 0 Å². The summed E-state index contributed by atoms with van der Waals surface area (Å²) in [6.45, 7) is 1.90. The van der Waals surface area contributed by atoms with Crippen molar-refractivity contribution in [3.05, 3.63) is 69.8 Å². The fourth-order valence-electron chi connectivity index (χ4n) is 3.11. The molecule has 1 aliphatic heterocycles. The van der Waals surface area contributed by atoms with Crippen LogP contribution in [0.5, 0.6) is 0 Å². The second-order valence-corrected chi connectivity index (χ2v) is 6.42. The largest absolute Gasteiger partial charge is 0.360 e. The van der Waals surface area contributed by atoms with Gasteiger partial charge in [0.25, 0.3) is 11.5 Å². The SMILES string of the molecule is Cc1cc(NC(=O)Cn2nc(C(=O)N3CCc4ccccc43)ccc2=O)no1. The molecular formula is C19H17N5O4. The molecule has 2 amide bonds. The van der Waals surface area contributed by atoms with E-state index in [9.17, 15) is 14.4 Å². The number of anilines is 2. The Bertz CT molecular complexity index is 1120. The van der Waals surface area contributed by atoms with E-state index in [4.69, 9.17) is 4.52 Å². The molecule has 1 aromatic carbocycles. The summed E-state index contributed by atoms with van der Waals surface area (Å²) in [5.74, 6) is -0.0224. The molecule has 142 valence electrons. The van der Waals surface area contributed by atoms with Crippen molar-refractivity contribution in [1.29, 1.82) is 0 Å². The van der Waals surface area contributed by atoms with Gasteiger partial charge in [-0.2, -0.15) is 5.10 Å². The van der Waals surface area contributed by atoms with Crippen molar-refractivity contribution >= 4 is 23.3 Å². The minimum atomic E-state index is -0.501. The van der Waals surface area contributed by atoms with E-state index in [2.05, 4.69) is 15.6 Å². The van der Waals surface area contributed by atoms with Gasteiger partial charge in [-0.3, -0.25) is 14.4 Å². The maximum absolute atomic E-state index is 12.9. The highest BCUT2D eigenvalue weighted by Gasteiger charge is 2.26. The van der Waals surface area contributed by atoms with E-state index in [1.54, 1.807) is 17.9 Å². The molecule has 2 aromatic heterocycles. The molecule has 0 radical (unpaired) electrons. The van der Waals surface area contributed by atoms with E-state index in [1.165, 1.54) is 12.1 Å². The van der Waals surface area contributed by atoms with Gasteiger partial charge in [-0.1, -0.05) is 23.4 Å². The predicted octanol–water partition coefficient (Wildman–Crippen LogP) is 1.38. The first-order valence-corrected chi connectivity index (χ1v) is 8.72. The van der Waals surface area contributed by atoms with Crippen molar-refractivity contribution in [2.45, 2.75) is 19.9 Å². The number of carbonyl (C=O) groups is 2. The van der Waals surface area contributed by atoms with Gasteiger partial charge in [-0.15, -0.1) is 0 Å². The fourth-order valence-corrected chi connectivity index (χ4v) is 3.11. The zero-order valence-electron chi connectivity index (χ0n) is 15.1. The topological polar surface area (TPSA) is 110 Å². The van der Waals surface area contributed by atoms with Crippen molar-refractivity contribution < 1.29 is 14.1 Å². The lowest BCUT2D eigenvalue weighted by Gasteiger charge is -2.17. The summed E-state index contributed by atoms with van der Waals surface area (Å²) in [5, 5.41) is 10.3. The number of para-hydroxylation sites is 1. The van der Waals surface area contributed by atoms with Crippen LogP contribution in [0.2, 0.25) is 0 Å². The summed E-state index contributed by atoms with van der Waals surface area (Å²) in [6.07, 6.45) is 0.765. The lowest BCUT2D eigenvalue weighted by atomic mass is 10.2. The third kappa shape index (κ3) is 3.41. The van der Waals surface area contributed by atoms with Crippen LogP contribution < -0.4 is 15.8 Å². The standard InChI is InChI=1S/C19H17N5O4/c1-12-10-16(22-28-12)20-17(25)11-24-18(26)7-6-14(21-24)19(27)23-9-8-13-4-2-3-5-15(13)23/h2-7,10H,8-9,11H2,1H3,(H,20,22,25). The summed E-state index contributed by atoms with van der Waals surface area (Å²) in [6, 6.07) is 11.8. The molecule has 4 rings (SSSR count). The van der Waals surface area contributed by atoms with Crippen LogP contribution in [-0.2, 0) is 17.8 Å². The number of nitrogens with zero attached hydrogens (tertiary/aromatic N) is 4.